The van der Waals surface area contributed by atoms with Gasteiger partial charge in [-0.25, -0.2) is 9.99 Å². The third kappa shape index (κ3) is 4.43. The molecule has 0 bridgehead atoms. The van der Waals surface area contributed by atoms with E-state index in [1.54, 1.807) is 11.3 Å². The highest BCUT2D eigenvalue weighted by Gasteiger charge is 2.28. The second kappa shape index (κ2) is 9.67. The van der Waals surface area contributed by atoms with E-state index in [1.165, 1.54) is 5.56 Å². The number of carbonyl (C=O) groups is 1. The van der Waals surface area contributed by atoms with E-state index in [-0.39, 0.29) is 11.9 Å². The summed E-state index contributed by atoms with van der Waals surface area (Å²) in [6, 6.07) is 20.0. The molecule has 1 N–H and O–H groups in total. The van der Waals surface area contributed by atoms with Gasteiger partial charge in [0.1, 0.15) is 0 Å². The minimum Gasteiger partial charge on any atom is -0.336 e. The molecule has 1 unspecified atom stereocenters. The van der Waals surface area contributed by atoms with Crippen LogP contribution < -0.4 is 10.3 Å². The largest absolute Gasteiger partial charge is 0.336 e. The summed E-state index contributed by atoms with van der Waals surface area (Å²) >= 11 is 1.62. The van der Waals surface area contributed by atoms with E-state index in [2.05, 4.69) is 46.6 Å². The van der Waals surface area contributed by atoms with E-state index < -0.39 is 0 Å². The SMILES string of the molecule is CN1CCN(C(=O)c2ccc(Nc3nc(N4N=CCC4c4ccccc4)c4sccc4n3)cc2)CC1. The van der Waals surface area contributed by atoms with E-state index >= 15 is 0 Å². The lowest BCUT2D eigenvalue weighted by Crippen LogP contribution is -2.47. The molecule has 0 saturated carbocycles. The Morgan fingerprint density at radius 1 is 0.972 bits per heavy atom. The van der Waals surface area contributed by atoms with Crippen molar-refractivity contribution in [2.75, 3.05) is 43.6 Å². The summed E-state index contributed by atoms with van der Waals surface area (Å²) < 4.78 is 1.01. The Bertz CT molecular complexity index is 1390. The molecule has 4 heterocycles. The first-order valence-electron chi connectivity index (χ1n) is 12.1. The summed E-state index contributed by atoms with van der Waals surface area (Å²) in [4.78, 5) is 26.6. The fourth-order valence-electron chi connectivity index (χ4n) is 4.65. The van der Waals surface area contributed by atoms with Crippen molar-refractivity contribution in [2.45, 2.75) is 12.5 Å². The van der Waals surface area contributed by atoms with Crippen molar-refractivity contribution in [1.29, 1.82) is 0 Å². The van der Waals surface area contributed by atoms with Crippen LogP contribution in [-0.4, -0.2) is 65.1 Å². The van der Waals surface area contributed by atoms with Crippen molar-refractivity contribution in [2.24, 2.45) is 5.10 Å². The van der Waals surface area contributed by atoms with Crippen molar-refractivity contribution in [3.8, 4) is 0 Å². The normalized spacial score (nSPS) is 18.2. The van der Waals surface area contributed by atoms with Gasteiger partial charge in [0.15, 0.2) is 5.82 Å². The van der Waals surface area contributed by atoms with E-state index in [9.17, 15) is 4.79 Å². The Kier molecular flexibility index (Phi) is 6.08. The van der Waals surface area contributed by atoms with Crippen LogP contribution in [0.5, 0.6) is 0 Å². The van der Waals surface area contributed by atoms with E-state index in [1.807, 2.05) is 57.9 Å². The van der Waals surface area contributed by atoms with Crippen LogP contribution in [0, 0.1) is 0 Å². The molecule has 1 saturated heterocycles. The third-order valence-corrected chi connectivity index (χ3v) is 7.60. The maximum atomic E-state index is 12.9. The molecule has 6 rings (SSSR count). The van der Waals surface area contributed by atoms with Crippen molar-refractivity contribution in [3.63, 3.8) is 0 Å². The Hall–Kier alpha value is -3.82. The summed E-state index contributed by atoms with van der Waals surface area (Å²) in [5.74, 6) is 1.37. The van der Waals surface area contributed by atoms with Crippen LogP contribution in [0.4, 0.5) is 17.5 Å². The number of amides is 1. The number of carbonyl (C=O) groups excluding carboxylic acids is 1. The zero-order valence-electron chi connectivity index (χ0n) is 20.0. The summed E-state index contributed by atoms with van der Waals surface area (Å²) in [7, 11) is 2.08. The van der Waals surface area contributed by atoms with Gasteiger partial charge in [0.05, 0.1) is 16.3 Å². The molecule has 1 amide bonds. The van der Waals surface area contributed by atoms with Crippen molar-refractivity contribution in [3.05, 3.63) is 77.2 Å². The lowest BCUT2D eigenvalue weighted by Gasteiger charge is -2.32. The molecule has 36 heavy (non-hydrogen) atoms. The minimum absolute atomic E-state index is 0.0757. The smallest absolute Gasteiger partial charge is 0.253 e. The predicted octanol–water partition coefficient (Wildman–Crippen LogP) is 4.76. The molecule has 2 aliphatic rings. The number of thiophene rings is 1. The van der Waals surface area contributed by atoms with Crippen LogP contribution in [0.15, 0.2) is 71.1 Å². The fourth-order valence-corrected chi connectivity index (χ4v) is 5.46. The van der Waals surface area contributed by atoms with Gasteiger partial charge in [-0.15, -0.1) is 11.3 Å². The third-order valence-electron chi connectivity index (χ3n) is 6.70. The number of benzene rings is 2. The summed E-state index contributed by atoms with van der Waals surface area (Å²) in [6.07, 6.45) is 2.77. The standard InChI is InChI=1S/C27H27N7OS/c1-32-14-16-33(17-15-32)26(35)20-7-9-21(10-8-20)29-27-30-22-12-18-36-24(22)25(31-27)34-23(11-13-28-34)19-5-3-2-4-6-19/h2-10,12-13,18,23H,11,14-17H2,1H3,(H,29,30,31). The Balaban J connectivity index is 1.24. The van der Waals surface area contributed by atoms with Gasteiger partial charge < -0.3 is 15.1 Å². The second-order valence-corrected chi connectivity index (χ2v) is 10.0. The molecule has 0 radical (unpaired) electrons. The molecule has 0 aliphatic carbocycles. The fraction of sp³-hybridized carbons (Fsp3) is 0.259. The maximum absolute atomic E-state index is 12.9. The molecule has 9 heteroatoms. The number of aromatic nitrogens is 2. The zero-order chi connectivity index (χ0) is 24.5. The highest BCUT2D eigenvalue weighted by atomic mass is 32.1. The maximum Gasteiger partial charge on any atom is 0.253 e. The molecule has 2 aliphatic heterocycles. The molecule has 1 fully saturated rings. The number of fused-ring (bicyclic) bond motifs is 1. The molecule has 4 aromatic rings. The van der Waals surface area contributed by atoms with Crippen LogP contribution in [0.3, 0.4) is 0 Å². The van der Waals surface area contributed by atoms with Gasteiger partial charge in [-0.3, -0.25) is 4.79 Å². The van der Waals surface area contributed by atoms with Crippen LogP contribution in [0.2, 0.25) is 0 Å². The minimum atomic E-state index is 0.0757. The van der Waals surface area contributed by atoms with E-state index in [0.717, 1.165) is 54.3 Å². The van der Waals surface area contributed by atoms with Gasteiger partial charge in [0, 0.05) is 50.1 Å². The van der Waals surface area contributed by atoms with Gasteiger partial charge in [0.25, 0.3) is 5.91 Å². The number of hydrogen-bond donors (Lipinski definition) is 1. The molecule has 182 valence electrons. The number of hydrogen-bond acceptors (Lipinski definition) is 8. The lowest BCUT2D eigenvalue weighted by atomic mass is 10.0. The molecule has 0 spiro atoms. The summed E-state index contributed by atoms with van der Waals surface area (Å²) in [6.45, 7) is 3.33. The number of anilines is 3. The van der Waals surface area contributed by atoms with Gasteiger partial charge in [-0.05, 0) is 48.3 Å². The van der Waals surface area contributed by atoms with Gasteiger partial charge in [-0.1, -0.05) is 30.3 Å². The second-order valence-electron chi connectivity index (χ2n) is 9.11. The van der Waals surface area contributed by atoms with Gasteiger partial charge in [-0.2, -0.15) is 10.1 Å². The van der Waals surface area contributed by atoms with Crippen molar-refractivity contribution < 1.29 is 4.79 Å². The zero-order valence-corrected chi connectivity index (χ0v) is 20.9. The topological polar surface area (TPSA) is 77.0 Å². The average molecular weight is 498 g/mol. The van der Waals surface area contributed by atoms with E-state index in [0.29, 0.717) is 11.5 Å². The van der Waals surface area contributed by atoms with Crippen molar-refractivity contribution in [1.82, 2.24) is 19.8 Å². The molecule has 2 aromatic carbocycles. The highest BCUT2D eigenvalue weighted by Crippen LogP contribution is 2.38. The van der Waals surface area contributed by atoms with E-state index in [4.69, 9.17) is 9.97 Å². The summed E-state index contributed by atoms with van der Waals surface area (Å²) in [5.41, 5.74) is 3.60. The number of likely N-dealkylation sites (N-methyl/N-ethyl adjacent to an activating group) is 1. The van der Waals surface area contributed by atoms with Crippen LogP contribution in [0.25, 0.3) is 10.2 Å². The first kappa shape index (κ1) is 22.6. The Morgan fingerprint density at radius 2 is 1.75 bits per heavy atom. The van der Waals surface area contributed by atoms with Gasteiger partial charge >= 0.3 is 0 Å². The number of piperazine rings is 1. The average Bonchev–Trinajstić information content (AvgIpc) is 3.59. The molecular formula is C27H27N7OS. The lowest BCUT2D eigenvalue weighted by molar-refractivity contribution is 0.0664. The predicted molar refractivity (Wildman–Crippen MR) is 145 cm³/mol. The molecular weight excluding hydrogens is 470 g/mol. The van der Waals surface area contributed by atoms with Crippen LogP contribution >= 0.6 is 11.3 Å². The van der Waals surface area contributed by atoms with Crippen molar-refractivity contribution >= 4 is 51.1 Å². The first-order chi connectivity index (χ1) is 17.7. The molecule has 8 nitrogen and oxygen atoms in total. The summed E-state index contributed by atoms with van der Waals surface area (Å²) in [5, 5.41) is 12.0. The highest BCUT2D eigenvalue weighted by molar-refractivity contribution is 7.17. The Labute approximate surface area is 213 Å². The van der Waals surface area contributed by atoms with Crippen LogP contribution in [-0.2, 0) is 0 Å². The number of rotatable bonds is 5. The quantitative estimate of drug-likeness (QED) is 0.428. The molecule has 2 aromatic heterocycles. The number of nitrogens with zero attached hydrogens (tertiary/aromatic N) is 6. The first-order valence-corrected chi connectivity index (χ1v) is 13.0. The van der Waals surface area contributed by atoms with Gasteiger partial charge in [0.2, 0.25) is 5.95 Å². The number of nitrogens with one attached hydrogen (secondary N) is 1. The van der Waals surface area contributed by atoms with Crippen LogP contribution in [0.1, 0.15) is 28.4 Å². The molecule has 1 atom stereocenters. The Morgan fingerprint density at radius 3 is 2.53 bits per heavy atom. The number of hydrazone groups is 1. The monoisotopic (exact) mass is 497 g/mol.